The molecule has 0 aliphatic heterocycles. The fourth-order valence-corrected chi connectivity index (χ4v) is 2.46. The van der Waals surface area contributed by atoms with Crippen molar-refractivity contribution in [2.45, 2.75) is 26.4 Å². The van der Waals surface area contributed by atoms with Crippen LogP contribution in [0.2, 0.25) is 5.02 Å². The van der Waals surface area contributed by atoms with Gasteiger partial charge in [0.2, 0.25) is 0 Å². The van der Waals surface area contributed by atoms with Gasteiger partial charge in [0.05, 0.1) is 35.7 Å². The summed E-state index contributed by atoms with van der Waals surface area (Å²) in [6.45, 7) is 4.80. The van der Waals surface area contributed by atoms with Gasteiger partial charge in [-0.05, 0) is 55.3 Å². The molecule has 8 heteroatoms. The number of benzene rings is 2. The first-order valence-electron chi connectivity index (χ1n) is 8.40. The molecule has 0 aliphatic rings. The Bertz CT molecular complexity index is 778. The van der Waals surface area contributed by atoms with Crippen LogP contribution in [0.25, 0.3) is 0 Å². The number of hydrogen-bond donors (Lipinski definition) is 1. The number of ether oxygens (including phenoxy) is 2. The molecule has 0 unspecified atom stereocenters. The van der Waals surface area contributed by atoms with E-state index in [4.69, 9.17) is 21.1 Å². The van der Waals surface area contributed by atoms with Gasteiger partial charge in [-0.25, -0.2) is 0 Å². The Morgan fingerprint density at radius 3 is 2.41 bits per heavy atom. The Hall–Kier alpha value is -2.41. The van der Waals surface area contributed by atoms with E-state index < -0.39 is 11.7 Å². The number of rotatable bonds is 8. The summed E-state index contributed by atoms with van der Waals surface area (Å²) in [4.78, 5) is 0. The lowest BCUT2D eigenvalue weighted by molar-refractivity contribution is -0.137. The molecule has 0 aliphatic carbocycles. The molecule has 0 radical (unpaired) electrons. The first-order valence-corrected chi connectivity index (χ1v) is 8.78. The smallest absolute Gasteiger partial charge is 0.416 e. The van der Waals surface area contributed by atoms with Gasteiger partial charge in [-0.1, -0.05) is 18.5 Å². The lowest BCUT2D eigenvalue weighted by Gasteiger charge is -2.13. The zero-order valence-corrected chi connectivity index (χ0v) is 15.7. The lowest BCUT2D eigenvalue weighted by atomic mass is 10.2. The minimum Gasteiger partial charge on any atom is -0.490 e. The van der Waals surface area contributed by atoms with E-state index in [2.05, 4.69) is 10.5 Å². The largest absolute Gasteiger partial charge is 0.490 e. The lowest BCUT2D eigenvalue weighted by Crippen LogP contribution is -2.04. The number of hydrogen-bond acceptors (Lipinski definition) is 4. The summed E-state index contributed by atoms with van der Waals surface area (Å²) in [5.41, 5.74) is 3.05. The van der Waals surface area contributed by atoms with Crippen molar-refractivity contribution in [3.8, 4) is 11.5 Å². The molecule has 0 saturated heterocycles. The van der Waals surface area contributed by atoms with E-state index in [0.717, 1.165) is 18.6 Å². The standard InChI is InChI=1S/C19H20ClF3N2O2/c1-3-9-27-18-16(20)10-13(11-17(18)26-4-2)12-24-25-15-7-5-14(6-8-15)19(21,22)23/h5-8,10-12,25H,3-4,9H2,1-2H3. The average Bonchev–Trinajstić information content (AvgIpc) is 2.61. The molecule has 0 spiro atoms. The maximum atomic E-state index is 12.6. The van der Waals surface area contributed by atoms with Crippen molar-refractivity contribution >= 4 is 23.5 Å². The zero-order valence-electron chi connectivity index (χ0n) is 14.9. The van der Waals surface area contributed by atoms with Crippen LogP contribution in [0.15, 0.2) is 41.5 Å². The van der Waals surface area contributed by atoms with Gasteiger partial charge in [-0.2, -0.15) is 18.3 Å². The molecule has 0 amide bonds. The Balaban J connectivity index is 2.11. The summed E-state index contributed by atoms with van der Waals surface area (Å²) >= 11 is 6.27. The summed E-state index contributed by atoms with van der Waals surface area (Å²) in [5.74, 6) is 0.989. The highest BCUT2D eigenvalue weighted by Gasteiger charge is 2.29. The van der Waals surface area contributed by atoms with Crippen LogP contribution in [0.5, 0.6) is 11.5 Å². The van der Waals surface area contributed by atoms with Gasteiger partial charge in [0.25, 0.3) is 0 Å². The maximum absolute atomic E-state index is 12.6. The average molecular weight is 401 g/mol. The van der Waals surface area contributed by atoms with Crippen molar-refractivity contribution in [1.29, 1.82) is 0 Å². The number of anilines is 1. The van der Waals surface area contributed by atoms with Gasteiger partial charge in [-0.15, -0.1) is 0 Å². The van der Waals surface area contributed by atoms with Gasteiger partial charge in [0, 0.05) is 0 Å². The molecule has 0 atom stereocenters. The number of nitrogens with zero attached hydrogens (tertiary/aromatic N) is 1. The normalized spacial score (nSPS) is 11.6. The second kappa shape index (κ2) is 9.50. The SMILES string of the molecule is CCCOc1c(Cl)cc(C=NNc2ccc(C(F)(F)F)cc2)cc1OCC. The van der Waals surface area contributed by atoms with Gasteiger partial charge < -0.3 is 9.47 Å². The van der Waals surface area contributed by atoms with Crippen LogP contribution in [0.3, 0.4) is 0 Å². The number of nitrogens with one attached hydrogen (secondary N) is 1. The van der Waals surface area contributed by atoms with Crippen molar-refractivity contribution in [1.82, 2.24) is 0 Å². The molecule has 0 aromatic heterocycles. The molecule has 0 fully saturated rings. The van der Waals surface area contributed by atoms with E-state index in [1.165, 1.54) is 18.3 Å². The highest BCUT2D eigenvalue weighted by atomic mass is 35.5. The van der Waals surface area contributed by atoms with Crippen molar-refractivity contribution in [2.75, 3.05) is 18.6 Å². The predicted molar refractivity (Wildman–Crippen MR) is 101 cm³/mol. The van der Waals surface area contributed by atoms with Gasteiger partial charge in [0.15, 0.2) is 11.5 Å². The molecule has 2 aromatic rings. The van der Waals surface area contributed by atoms with E-state index in [1.807, 2.05) is 13.8 Å². The van der Waals surface area contributed by atoms with E-state index in [0.29, 0.717) is 41.0 Å². The molecule has 27 heavy (non-hydrogen) atoms. The van der Waals surface area contributed by atoms with Crippen molar-refractivity contribution in [3.05, 3.63) is 52.5 Å². The second-order valence-electron chi connectivity index (χ2n) is 5.56. The molecular formula is C19H20ClF3N2O2. The van der Waals surface area contributed by atoms with E-state index in [9.17, 15) is 13.2 Å². The summed E-state index contributed by atoms with van der Waals surface area (Å²) in [5, 5.41) is 4.42. The summed E-state index contributed by atoms with van der Waals surface area (Å²) in [6, 6.07) is 8.00. The van der Waals surface area contributed by atoms with Crippen molar-refractivity contribution in [2.24, 2.45) is 5.10 Å². The Morgan fingerprint density at radius 1 is 1.11 bits per heavy atom. The van der Waals surface area contributed by atoms with Crippen LogP contribution in [0, 0.1) is 0 Å². The Labute approximate surface area is 160 Å². The molecule has 0 heterocycles. The minimum atomic E-state index is -4.37. The predicted octanol–water partition coefficient (Wildman–Crippen LogP) is 5.99. The van der Waals surface area contributed by atoms with Crippen LogP contribution in [-0.4, -0.2) is 19.4 Å². The Morgan fingerprint density at radius 2 is 1.81 bits per heavy atom. The summed E-state index contributed by atoms with van der Waals surface area (Å²) in [7, 11) is 0. The highest BCUT2D eigenvalue weighted by Crippen LogP contribution is 2.36. The first kappa shape index (κ1) is 20.9. The van der Waals surface area contributed by atoms with E-state index in [-0.39, 0.29) is 0 Å². The maximum Gasteiger partial charge on any atom is 0.416 e. The van der Waals surface area contributed by atoms with Crippen molar-refractivity contribution in [3.63, 3.8) is 0 Å². The fourth-order valence-electron chi connectivity index (χ4n) is 2.18. The van der Waals surface area contributed by atoms with Gasteiger partial charge in [0.1, 0.15) is 0 Å². The van der Waals surface area contributed by atoms with E-state index in [1.54, 1.807) is 12.1 Å². The zero-order chi connectivity index (χ0) is 19.9. The van der Waals surface area contributed by atoms with Crippen LogP contribution < -0.4 is 14.9 Å². The van der Waals surface area contributed by atoms with Crippen molar-refractivity contribution < 1.29 is 22.6 Å². The third-order valence-electron chi connectivity index (χ3n) is 3.40. The number of alkyl halides is 3. The minimum absolute atomic E-state index is 0.394. The first-order chi connectivity index (χ1) is 12.8. The quantitative estimate of drug-likeness (QED) is 0.437. The topological polar surface area (TPSA) is 42.8 Å². The van der Waals surface area contributed by atoms with Crippen LogP contribution in [0.4, 0.5) is 18.9 Å². The molecule has 2 aromatic carbocycles. The van der Waals surface area contributed by atoms with Crippen LogP contribution in [0.1, 0.15) is 31.4 Å². The van der Waals surface area contributed by atoms with Crippen LogP contribution in [-0.2, 0) is 6.18 Å². The van der Waals surface area contributed by atoms with E-state index >= 15 is 0 Å². The Kier molecular flexibility index (Phi) is 7.36. The highest BCUT2D eigenvalue weighted by molar-refractivity contribution is 6.32. The third kappa shape index (κ3) is 6.06. The van der Waals surface area contributed by atoms with Gasteiger partial charge >= 0.3 is 6.18 Å². The molecule has 0 bridgehead atoms. The fraction of sp³-hybridized carbons (Fsp3) is 0.316. The summed E-state index contributed by atoms with van der Waals surface area (Å²) < 4.78 is 48.9. The third-order valence-corrected chi connectivity index (χ3v) is 3.68. The molecule has 1 N–H and O–H groups in total. The molecule has 2 rings (SSSR count). The molecular weight excluding hydrogens is 381 g/mol. The molecule has 146 valence electrons. The van der Waals surface area contributed by atoms with Gasteiger partial charge in [-0.3, -0.25) is 5.43 Å². The number of hydrazone groups is 1. The molecule has 0 saturated carbocycles. The monoisotopic (exact) mass is 400 g/mol. The molecule has 4 nitrogen and oxygen atoms in total. The number of halogens is 4. The second-order valence-corrected chi connectivity index (χ2v) is 5.96. The summed E-state index contributed by atoms with van der Waals surface area (Å²) in [6.07, 6.45) is -2.03. The van der Waals surface area contributed by atoms with Crippen LogP contribution >= 0.6 is 11.6 Å².